The molecule has 0 radical (unpaired) electrons. The molecule has 0 aromatic carbocycles. The first-order valence-electron chi connectivity index (χ1n) is 9.01. The highest BCUT2D eigenvalue weighted by molar-refractivity contribution is 9.12. The largest absolute Gasteiger partial charge is 0.285 e. The minimum Gasteiger partial charge on any atom is -0.285 e. The van der Waals surface area contributed by atoms with Crippen LogP contribution >= 0.6 is 15.9 Å². The lowest BCUT2D eigenvalue weighted by atomic mass is 9.67. The Morgan fingerprint density at radius 1 is 1.04 bits per heavy atom. The van der Waals surface area contributed by atoms with Crippen LogP contribution in [-0.2, 0) is 20.4 Å². The van der Waals surface area contributed by atoms with Crippen LogP contribution < -0.4 is 0 Å². The summed E-state index contributed by atoms with van der Waals surface area (Å²) in [6, 6.07) is 0. The van der Waals surface area contributed by atoms with E-state index in [0.29, 0.717) is 0 Å². The molecule has 2 unspecified atom stereocenters. The third kappa shape index (κ3) is 1.77. The van der Waals surface area contributed by atoms with Crippen LogP contribution in [-0.4, -0.2) is 37.5 Å². The Hall–Kier alpha value is -0.490. The van der Waals surface area contributed by atoms with E-state index in [1.165, 1.54) is 24.2 Å². The van der Waals surface area contributed by atoms with E-state index in [9.17, 15) is 13.8 Å². The van der Waals surface area contributed by atoms with E-state index in [0.717, 1.165) is 42.2 Å². The Labute approximate surface area is 154 Å². The van der Waals surface area contributed by atoms with Gasteiger partial charge in [-0.3, -0.25) is 18.7 Å². The first-order chi connectivity index (χ1) is 11.4. The van der Waals surface area contributed by atoms with Crippen molar-refractivity contribution in [3.05, 3.63) is 10.1 Å². The molecular formula is C18H24BrNO3S. The molecule has 3 bridgehead atoms. The fourth-order valence-electron chi connectivity index (χ4n) is 5.55. The molecule has 0 aromatic rings. The smallest absolute Gasteiger partial charge is 0.234 e. The van der Waals surface area contributed by atoms with Crippen molar-refractivity contribution in [1.82, 2.24) is 4.90 Å². The van der Waals surface area contributed by atoms with Gasteiger partial charge in [-0.05, 0) is 31.8 Å². The molecule has 6 heteroatoms. The SMILES string of the molecule is CN1C(=O)[C@@H]2[C@H](C1=O)[C@]13CCCCCCCCC(=C1Br)C2(C)S3=O. The van der Waals surface area contributed by atoms with Crippen LogP contribution in [0.4, 0.5) is 0 Å². The molecule has 0 N–H and O–H groups in total. The Morgan fingerprint density at radius 2 is 1.62 bits per heavy atom. The Morgan fingerprint density at radius 3 is 2.33 bits per heavy atom. The third-order valence-corrected chi connectivity index (χ3v) is 10.8. The summed E-state index contributed by atoms with van der Waals surface area (Å²) in [6.45, 7) is 1.97. The van der Waals surface area contributed by atoms with Gasteiger partial charge in [0.05, 0.1) is 21.3 Å². The van der Waals surface area contributed by atoms with Gasteiger partial charge in [0.15, 0.2) is 0 Å². The number of hydrogen-bond acceptors (Lipinski definition) is 3. The fraction of sp³-hybridized carbons (Fsp3) is 0.778. The summed E-state index contributed by atoms with van der Waals surface area (Å²) in [5, 5.41) is 0. The molecule has 2 amide bonds. The van der Waals surface area contributed by atoms with Crippen molar-refractivity contribution in [3.63, 3.8) is 0 Å². The topological polar surface area (TPSA) is 54.5 Å². The van der Waals surface area contributed by atoms with Crippen molar-refractivity contribution >= 4 is 38.5 Å². The number of amides is 2. The van der Waals surface area contributed by atoms with Crippen LogP contribution in [0.5, 0.6) is 0 Å². The van der Waals surface area contributed by atoms with Crippen LogP contribution in [0.25, 0.3) is 0 Å². The summed E-state index contributed by atoms with van der Waals surface area (Å²) in [4.78, 5) is 27.0. The molecule has 4 aliphatic rings. The normalized spacial score (nSPS) is 45.6. The lowest BCUT2D eigenvalue weighted by Gasteiger charge is -2.34. The zero-order chi connectivity index (χ0) is 17.3. The van der Waals surface area contributed by atoms with Crippen molar-refractivity contribution in [2.75, 3.05) is 7.05 Å². The highest BCUT2D eigenvalue weighted by Crippen LogP contribution is 2.68. The van der Waals surface area contributed by atoms with Crippen molar-refractivity contribution in [2.45, 2.75) is 67.8 Å². The lowest BCUT2D eigenvalue weighted by molar-refractivity contribution is -0.138. The van der Waals surface area contributed by atoms with Crippen LogP contribution in [0, 0.1) is 11.8 Å². The number of likely N-dealkylation sites (tertiary alicyclic amines) is 1. The maximum Gasteiger partial charge on any atom is 0.234 e. The van der Waals surface area contributed by atoms with E-state index in [1.807, 2.05) is 6.92 Å². The maximum atomic E-state index is 13.6. The number of imide groups is 1. The fourth-order valence-corrected chi connectivity index (χ4v) is 9.91. The van der Waals surface area contributed by atoms with Gasteiger partial charge < -0.3 is 0 Å². The Kier molecular flexibility index (Phi) is 3.89. The van der Waals surface area contributed by atoms with Gasteiger partial charge in [-0.15, -0.1) is 0 Å². The van der Waals surface area contributed by atoms with Gasteiger partial charge in [0.25, 0.3) is 0 Å². The van der Waals surface area contributed by atoms with Gasteiger partial charge >= 0.3 is 0 Å². The first kappa shape index (κ1) is 17.0. The number of fused-ring (bicyclic) bond motifs is 4. The second-order valence-electron chi connectivity index (χ2n) is 7.87. The molecule has 4 nitrogen and oxygen atoms in total. The molecule has 24 heavy (non-hydrogen) atoms. The molecular weight excluding hydrogens is 390 g/mol. The number of nitrogens with zero attached hydrogens (tertiary/aromatic N) is 1. The third-order valence-electron chi connectivity index (χ3n) is 6.80. The van der Waals surface area contributed by atoms with E-state index < -0.39 is 32.1 Å². The van der Waals surface area contributed by atoms with E-state index in [4.69, 9.17) is 0 Å². The zero-order valence-electron chi connectivity index (χ0n) is 14.3. The minimum atomic E-state index is -1.22. The van der Waals surface area contributed by atoms with E-state index in [1.54, 1.807) is 7.05 Å². The van der Waals surface area contributed by atoms with Gasteiger partial charge in [0.2, 0.25) is 11.8 Å². The summed E-state index contributed by atoms with van der Waals surface area (Å²) < 4.78 is 13.3. The number of carbonyl (C=O) groups excluding carboxylic acids is 2. The summed E-state index contributed by atoms with van der Waals surface area (Å²) in [5.74, 6) is -1.14. The summed E-state index contributed by atoms with van der Waals surface area (Å²) in [5.41, 5.74) is 1.15. The minimum absolute atomic E-state index is 0.130. The predicted octanol–water partition coefficient (Wildman–Crippen LogP) is 3.27. The Bertz CT molecular complexity index is 690. The van der Waals surface area contributed by atoms with Crippen molar-refractivity contribution < 1.29 is 13.8 Å². The molecule has 2 fully saturated rings. The molecule has 1 aliphatic carbocycles. The Balaban J connectivity index is 1.91. The average Bonchev–Trinajstić information content (AvgIpc) is 2.95. The lowest BCUT2D eigenvalue weighted by Crippen LogP contribution is -2.43. The van der Waals surface area contributed by atoms with E-state index >= 15 is 0 Å². The van der Waals surface area contributed by atoms with Crippen LogP contribution in [0.3, 0.4) is 0 Å². The summed E-state index contributed by atoms with van der Waals surface area (Å²) in [6.07, 6.45) is 8.41. The standard InChI is InChI=1S/C18H24BrNO3S/c1-17-11-9-7-5-3-4-6-8-10-18(14(11)19,24(17)23)13-12(17)15(21)20(2)16(13)22/h12-13H,3-10H2,1-2H3/t12-,13+,17?,18+,24?/m0/s1. The van der Waals surface area contributed by atoms with Crippen molar-refractivity contribution in [3.8, 4) is 0 Å². The number of carbonyl (C=O) groups is 2. The summed E-state index contributed by atoms with van der Waals surface area (Å²) in [7, 11) is 0.362. The molecule has 4 rings (SSSR count). The quantitative estimate of drug-likeness (QED) is 0.572. The molecule has 5 atom stereocenters. The van der Waals surface area contributed by atoms with Gasteiger partial charge in [0, 0.05) is 22.3 Å². The van der Waals surface area contributed by atoms with E-state index in [2.05, 4.69) is 15.9 Å². The molecule has 3 aliphatic heterocycles. The highest BCUT2D eigenvalue weighted by atomic mass is 79.9. The number of halogens is 1. The van der Waals surface area contributed by atoms with Crippen LogP contribution in [0.2, 0.25) is 0 Å². The van der Waals surface area contributed by atoms with E-state index in [-0.39, 0.29) is 11.8 Å². The van der Waals surface area contributed by atoms with Gasteiger partial charge in [-0.25, -0.2) is 0 Å². The molecule has 0 saturated carbocycles. The van der Waals surface area contributed by atoms with Gasteiger partial charge in [0.1, 0.15) is 0 Å². The predicted molar refractivity (Wildman–Crippen MR) is 96.9 cm³/mol. The number of hydrogen-bond donors (Lipinski definition) is 0. The van der Waals surface area contributed by atoms with Crippen LogP contribution in [0.15, 0.2) is 10.1 Å². The molecule has 2 saturated heterocycles. The first-order valence-corrected chi connectivity index (χ1v) is 11.0. The maximum absolute atomic E-state index is 13.6. The van der Waals surface area contributed by atoms with Gasteiger partial charge in [-0.1, -0.05) is 48.0 Å². The molecule has 0 aromatic heterocycles. The van der Waals surface area contributed by atoms with Crippen molar-refractivity contribution in [2.24, 2.45) is 11.8 Å². The van der Waals surface area contributed by atoms with Gasteiger partial charge in [-0.2, -0.15) is 0 Å². The zero-order valence-corrected chi connectivity index (χ0v) is 16.7. The second kappa shape index (κ2) is 5.50. The average molecular weight is 414 g/mol. The second-order valence-corrected chi connectivity index (χ2v) is 10.8. The highest BCUT2D eigenvalue weighted by Gasteiger charge is 2.78. The summed E-state index contributed by atoms with van der Waals surface area (Å²) >= 11 is 3.78. The molecule has 1 spiro atoms. The number of rotatable bonds is 0. The molecule has 3 heterocycles. The van der Waals surface area contributed by atoms with Crippen LogP contribution in [0.1, 0.15) is 58.3 Å². The monoisotopic (exact) mass is 413 g/mol. The van der Waals surface area contributed by atoms with Crippen molar-refractivity contribution in [1.29, 1.82) is 0 Å². The molecule has 132 valence electrons.